The van der Waals surface area contributed by atoms with Crippen molar-refractivity contribution in [3.05, 3.63) is 29.8 Å². The van der Waals surface area contributed by atoms with E-state index in [-0.39, 0.29) is 24.0 Å². The molecule has 1 aromatic carbocycles. The Kier molecular flexibility index (Phi) is 6.31. The van der Waals surface area contributed by atoms with E-state index in [0.717, 1.165) is 38.5 Å². The predicted octanol–water partition coefficient (Wildman–Crippen LogP) is 2.21. The van der Waals surface area contributed by atoms with E-state index in [0.29, 0.717) is 24.5 Å². The molecular weight excluding hydrogens is 393 g/mol. The second kappa shape index (κ2) is 8.01. The van der Waals surface area contributed by atoms with Crippen LogP contribution in [0.2, 0.25) is 0 Å². The summed E-state index contributed by atoms with van der Waals surface area (Å²) in [6.45, 7) is 5.86. The number of ether oxygens (including phenoxy) is 2. The molecular formula is C16H24IN3O2. The van der Waals surface area contributed by atoms with Gasteiger partial charge in [-0.3, -0.25) is 0 Å². The normalized spacial score (nSPS) is 24.6. The summed E-state index contributed by atoms with van der Waals surface area (Å²) in [6.07, 6.45) is 1.08. The molecule has 1 saturated heterocycles. The molecule has 1 aliphatic heterocycles. The summed E-state index contributed by atoms with van der Waals surface area (Å²) in [5.41, 5.74) is 7.41. The second-order valence-corrected chi connectivity index (χ2v) is 5.50. The lowest BCUT2D eigenvalue weighted by Crippen LogP contribution is -2.45. The Morgan fingerprint density at radius 2 is 2.00 bits per heavy atom. The van der Waals surface area contributed by atoms with Gasteiger partial charge in [-0.2, -0.15) is 0 Å². The summed E-state index contributed by atoms with van der Waals surface area (Å²) < 4.78 is 10.8. The molecule has 2 N–H and O–H groups in total. The Morgan fingerprint density at radius 3 is 2.64 bits per heavy atom. The maximum Gasteiger partial charge on any atom is 0.191 e. The average Bonchev–Trinajstić information content (AvgIpc) is 3.28. The summed E-state index contributed by atoms with van der Waals surface area (Å²) >= 11 is 0. The van der Waals surface area contributed by atoms with E-state index in [9.17, 15) is 0 Å². The zero-order valence-electron chi connectivity index (χ0n) is 12.9. The highest BCUT2D eigenvalue weighted by atomic mass is 127. The summed E-state index contributed by atoms with van der Waals surface area (Å²) in [7, 11) is 0. The fourth-order valence-electron chi connectivity index (χ4n) is 2.70. The Labute approximate surface area is 148 Å². The van der Waals surface area contributed by atoms with Crippen LogP contribution in [-0.4, -0.2) is 49.8 Å². The van der Waals surface area contributed by atoms with Crippen molar-refractivity contribution in [2.24, 2.45) is 10.7 Å². The van der Waals surface area contributed by atoms with Gasteiger partial charge in [0.25, 0.3) is 0 Å². The zero-order valence-corrected chi connectivity index (χ0v) is 15.2. The molecule has 122 valence electrons. The smallest absolute Gasteiger partial charge is 0.191 e. The van der Waals surface area contributed by atoms with Gasteiger partial charge in [-0.15, -0.1) is 24.0 Å². The van der Waals surface area contributed by atoms with Crippen molar-refractivity contribution >= 4 is 29.9 Å². The predicted molar refractivity (Wildman–Crippen MR) is 98.2 cm³/mol. The molecule has 0 amide bonds. The zero-order chi connectivity index (χ0) is 14.7. The van der Waals surface area contributed by atoms with E-state index in [1.807, 2.05) is 19.1 Å². The van der Waals surface area contributed by atoms with Crippen molar-refractivity contribution in [3.63, 3.8) is 0 Å². The van der Waals surface area contributed by atoms with Gasteiger partial charge in [0.15, 0.2) is 5.96 Å². The topological polar surface area (TPSA) is 60.1 Å². The van der Waals surface area contributed by atoms with E-state index < -0.39 is 0 Å². The minimum absolute atomic E-state index is 0. The number of nitrogens with zero attached hydrogens (tertiary/aromatic N) is 2. The molecule has 0 radical (unpaired) electrons. The molecule has 0 bridgehead atoms. The lowest BCUT2D eigenvalue weighted by atomic mass is 10.1. The van der Waals surface area contributed by atoms with E-state index >= 15 is 0 Å². The van der Waals surface area contributed by atoms with Crippen molar-refractivity contribution in [1.82, 2.24) is 4.90 Å². The number of hydrogen-bond donors (Lipinski definition) is 1. The van der Waals surface area contributed by atoms with Gasteiger partial charge >= 0.3 is 0 Å². The van der Waals surface area contributed by atoms with Crippen LogP contribution in [0.5, 0.6) is 5.75 Å². The molecule has 2 atom stereocenters. The van der Waals surface area contributed by atoms with E-state index in [1.165, 1.54) is 5.56 Å². The van der Waals surface area contributed by atoms with Crippen LogP contribution in [0.15, 0.2) is 29.3 Å². The van der Waals surface area contributed by atoms with Crippen LogP contribution >= 0.6 is 24.0 Å². The van der Waals surface area contributed by atoms with Crippen molar-refractivity contribution in [1.29, 1.82) is 0 Å². The van der Waals surface area contributed by atoms with Crippen molar-refractivity contribution in [2.75, 3.05) is 32.9 Å². The van der Waals surface area contributed by atoms with E-state index in [2.05, 4.69) is 22.0 Å². The van der Waals surface area contributed by atoms with Crippen LogP contribution in [0.25, 0.3) is 0 Å². The highest BCUT2D eigenvalue weighted by Crippen LogP contribution is 2.43. The summed E-state index contributed by atoms with van der Waals surface area (Å²) in [5.74, 6) is 2.09. The molecule has 1 saturated carbocycles. The molecule has 0 spiro atoms. The van der Waals surface area contributed by atoms with E-state index in [4.69, 9.17) is 15.2 Å². The summed E-state index contributed by atoms with van der Waals surface area (Å²) in [6, 6.07) is 8.66. The van der Waals surface area contributed by atoms with Gasteiger partial charge in [-0.05, 0) is 31.0 Å². The number of hydrogen-bond acceptors (Lipinski definition) is 3. The average molecular weight is 417 g/mol. The lowest BCUT2D eigenvalue weighted by Gasteiger charge is -2.27. The highest BCUT2D eigenvalue weighted by Gasteiger charge is 2.38. The molecule has 0 aromatic heterocycles. The van der Waals surface area contributed by atoms with E-state index in [1.54, 1.807) is 0 Å². The largest absolute Gasteiger partial charge is 0.494 e. The lowest BCUT2D eigenvalue weighted by molar-refractivity contribution is 0.0674. The summed E-state index contributed by atoms with van der Waals surface area (Å²) in [5, 5.41) is 0. The van der Waals surface area contributed by atoms with Crippen molar-refractivity contribution < 1.29 is 9.47 Å². The molecule has 1 aliphatic carbocycles. The van der Waals surface area contributed by atoms with Gasteiger partial charge in [0.05, 0.1) is 25.9 Å². The molecule has 3 rings (SSSR count). The quantitative estimate of drug-likeness (QED) is 0.464. The van der Waals surface area contributed by atoms with Gasteiger partial charge in [-0.25, -0.2) is 4.99 Å². The monoisotopic (exact) mass is 417 g/mol. The van der Waals surface area contributed by atoms with Gasteiger partial charge < -0.3 is 20.1 Å². The van der Waals surface area contributed by atoms with Crippen LogP contribution in [0.1, 0.15) is 24.8 Å². The van der Waals surface area contributed by atoms with Crippen molar-refractivity contribution in [3.8, 4) is 5.75 Å². The van der Waals surface area contributed by atoms with Gasteiger partial charge in [-0.1, -0.05) is 12.1 Å². The third-order valence-electron chi connectivity index (χ3n) is 4.01. The Hall–Kier alpha value is -1.02. The number of halogens is 1. The van der Waals surface area contributed by atoms with Crippen LogP contribution in [0, 0.1) is 0 Å². The number of morpholine rings is 1. The molecule has 22 heavy (non-hydrogen) atoms. The Balaban J connectivity index is 0.00000176. The Morgan fingerprint density at radius 1 is 1.32 bits per heavy atom. The third-order valence-corrected chi connectivity index (χ3v) is 4.01. The molecule has 2 aliphatic rings. The SMILES string of the molecule is CCOc1ccc([C@@H]2C[C@H]2N=C(N)N2CCOCC2)cc1.I. The number of guanidine groups is 1. The van der Waals surface area contributed by atoms with Gasteiger partial charge in [0.1, 0.15) is 5.75 Å². The first-order chi connectivity index (χ1) is 10.3. The summed E-state index contributed by atoms with van der Waals surface area (Å²) in [4.78, 5) is 6.77. The molecule has 0 unspecified atom stereocenters. The second-order valence-electron chi connectivity index (χ2n) is 5.50. The van der Waals surface area contributed by atoms with Crippen LogP contribution in [0.4, 0.5) is 0 Å². The Bertz CT molecular complexity index is 501. The minimum atomic E-state index is 0. The van der Waals surface area contributed by atoms with Crippen molar-refractivity contribution in [2.45, 2.75) is 25.3 Å². The first-order valence-electron chi connectivity index (χ1n) is 7.66. The highest BCUT2D eigenvalue weighted by molar-refractivity contribution is 14.0. The molecule has 1 heterocycles. The third kappa shape index (κ3) is 4.25. The fraction of sp³-hybridized carbons (Fsp3) is 0.562. The molecule has 2 fully saturated rings. The first kappa shape index (κ1) is 17.3. The molecule has 1 aromatic rings. The molecule has 5 nitrogen and oxygen atoms in total. The number of aliphatic imine (C=N–C) groups is 1. The molecule has 6 heteroatoms. The first-order valence-corrected chi connectivity index (χ1v) is 7.66. The van der Waals surface area contributed by atoms with Gasteiger partial charge in [0.2, 0.25) is 0 Å². The maximum absolute atomic E-state index is 6.09. The maximum atomic E-state index is 6.09. The standard InChI is InChI=1S/C16H23N3O2.HI/c1-2-21-13-5-3-12(4-6-13)14-11-15(14)18-16(17)19-7-9-20-10-8-19;/h3-6,14-15H,2,7-11H2,1H3,(H2,17,18);1H/t14-,15+;/m0./s1. The van der Waals surface area contributed by atoms with Crippen LogP contribution in [-0.2, 0) is 4.74 Å². The number of rotatable bonds is 4. The van der Waals surface area contributed by atoms with Crippen LogP contribution < -0.4 is 10.5 Å². The van der Waals surface area contributed by atoms with Crippen LogP contribution in [0.3, 0.4) is 0 Å². The number of nitrogens with two attached hydrogens (primary N) is 1. The fourth-order valence-corrected chi connectivity index (χ4v) is 2.70. The van der Waals surface area contributed by atoms with Gasteiger partial charge in [0, 0.05) is 19.0 Å². The number of benzene rings is 1. The minimum Gasteiger partial charge on any atom is -0.494 e.